The van der Waals surface area contributed by atoms with Gasteiger partial charge in [-0.15, -0.1) is 0 Å². The molecule has 5 nitrogen and oxygen atoms in total. The quantitative estimate of drug-likeness (QED) is 0.363. The van der Waals surface area contributed by atoms with Gasteiger partial charge in [-0.3, -0.25) is 9.59 Å². The molecule has 1 aromatic carbocycles. The van der Waals surface area contributed by atoms with Crippen LogP contribution in [0.5, 0.6) is 0 Å². The van der Waals surface area contributed by atoms with Crippen molar-refractivity contribution in [2.45, 2.75) is 39.2 Å². The molecule has 1 aliphatic rings. The third-order valence-electron chi connectivity index (χ3n) is 4.64. The molecule has 0 amide bonds. The van der Waals surface area contributed by atoms with Crippen LogP contribution in [0, 0.1) is 0 Å². The number of Topliss-reactive ketones (excluding diaryl/α,β-unsaturated/α-hetero) is 1. The number of aldehydes is 1. The first-order valence-electron chi connectivity index (χ1n) is 8.50. The lowest BCUT2D eigenvalue weighted by Gasteiger charge is -2.31. The fourth-order valence-corrected chi connectivity index (χ4v) is 3.08. The number of hydrogen-bond acceptors (Lipinski definition) is 5. The summed E-state index contributed by atoms with van der Waals surface area (Å²) in [4.78, 5) is 25.7. The molecule has 0 spiro atoms. The van der Waals surface area contributed by atoms with Gasteiger partial charge in [0, 0.05) is 34.1 Å². The largest absolute Gasteiger partial charge is 0.398 e. The number of likely N-dealkylation sites (tertiary alicyclic amines) is 1. The van der Waals surface area contributed by atoms with Crippen molar-refractivity contribution < 1.29 is 9.59 Å². The summed E-state index contributed by atoms with van der Waals surface area (Å²) in [5.74, 6) is -0.0391. The topological polar surface area (TPSA) is 75.4 Å². The number of nitrogen functional groups attached to an aromatic ring is 1. The van der Waals surface area contributed by atoms with Crippen molar-refractivity contribution in [3.63, 3.8) is 0 Å². The highest BCUT2D eigenvalue weighted by molar-refractivity contribution is 6.11. The Balaban J connectivity index is 2.35. The van der Waals surface area contributed by atoms with E-state index in [0.717, 1.165) is 37.9 Å². The first-order valence-corrected chi connectivity index (χ1v) is 8.50. The number of hydrogen-bond donors (Lipinski definition) is 2. The molecule has 5 heteroatoms. The number of nitrogens with zero attached hydrogens (tertiary/aromatic N) is 1. The minimum absolute atomic E-state index is 0.0391. The molecule has 0 unspecified atom stereocenters. The lowest BCUT2D eigenvalue weighted by Crippen LogP contribution is -2.40. The molecule has 3 N–H and O–H groups in total. The summed E-state index contributed by atoms with van der Waals surface area (Å²) in [6, 6.07) is 5.47. The van der Waals surface area contributed by atoms with Gasteiger partial charge in [0.15, 0.2) is 12.1 Å². The van der Waals surface area contributed by atoms with E-state index in [1.54, 1.807) is 18.2 Å². The van der Waals surface area contributed by atoms with Gasteiger partial charge in [-0.2, -0.15) is 0 Å². The Bertz CT molecular complexity index is 644. The predicted octanol–water partition coefficient (Wildman–Crippen LogP) is 2.48. The highest BCUT2D eigenvalue weighted by Crippen LogP contribution is 2.26. The minimum Gasteiger partial charge on any atom is -0.398 e. The highest BCUT2D eigenvalue weighted by Gasteiger charge is 2.19. The maximum atomic E-state index is 11.8. The fraction of sp³-hybridized carbons (Fsp3) is 0.474. The van der Waals surface area contributed by atoms with Gasteiger partial charge in [-0.25, -0.2) is 0 Å². The zero-order valence-corrected chi connectivity index (χ0v) is 14.8. The van der Waals surface area contributed by atoms with E-state index in [2.05, 4.69) is 17.3 Å². The van der Waals surface area contributed by atoms with Crippen LogP contribution in [0.2, 0.25) is 0 Å². The lowest BCUT2D eigenvalue weighted by molar-refractivity contribution is -0.103. The molecule has 1 fully saturated rings. The number of rotatable bonds is 6. The smallest absolute Gasteiger partial charge is 0.159 e. The van der Waals surface area contributed by atoms with Gasteiger partial charge in [0.05, 0.1) is 0 Å². The Kier molecular flexibility index (Phi) is 6.15. The van der Waals surface area contributed by atoms with E-state index >= 15 is 0 Å². The van der Waals surface area contributed by atoms with Crippen LogP contribution in [0.15, 0.2) is 23.9 Å². The van der Waals surface area contributed by atoms with Crippen LogP contribution in [-0.2, 0) is 4.79 Å². The van der Waals surface area contributed by atoms with Crippen LogP contribution in [0.25, 0.3) is 5.57 Å². The molecule has 0 radical (unpaired) electrons. The number of carbonyl (C=O) groups excluding carboxylic acids is 2. The molecule has 0 aromatic heterocycles. The number of carbonyl (C=O) groups is 2. The first kappa shape index (κ1) is 18.2. The summed E-state index contributed by atoms with van der Waals surface area (Å²) in [6.45, 7) is 5.63. The molecule has 0 atom stereocenters. The van der Waals surface area contributed by atoms with E-state index in [9.17, 15) is 9.59 Å². The Morgan fingerprint density at radius 2 is 2.04 bits per heavy atom. The third-order valence-corrected chi connectivity index (χ3v) is 4.64. The molecule has 0 aliphatic carbocycles. The number of nitrogens with one attached hydrogen (secondary N) is 1. The number of anilines is 1. The normalized spacial score (nSPS) is 17.3. The SMILES string of the molecule is CC/C(NC1CCN(C)CC1)=C(/C=O)c1cc(C(C)=O)ccc1N. The maximum absolute atomic E-state index is 11.8. The van der Waals surface area contributed by atoms with E-state index in [4.69, 9.17) is 5.73 Å². The van der Waals surface area contributed by atoms with E-state index in [-0.39, 0.29) is 5.78 Å². The number of nitrogens with two attached hydrogens (primary N) is 1. The molecule has 1 saturated heterocycles. The van der Waals surface area contributed by atoms with Crippen molar-refractivity contribution in [3.8, 4) is 0 Å². The van der Waals surface area contributed by atoms with Gasteiger partial charge in [-0.05, 0) is 64.5 Å². The molecular weight excluding hydrogens is 302 g/mol. The van der Waals surface area contributed by atoms with Crippen LogP contribution < -0.4 is 11.1 Å². The summed E-state index contributed by atoms with van der Waals surface area (Å²) in [6.07, 6.45) is 3.66. The molecule has 0 bridgehead atoms. The second-order valence-corrected chi connectivity index (χ2v) is 6.44. The average molecular weight is 329 g/mol. The van der Waals surface area contributed by atoms with Gasteiger partial charge in [-0.1, -0.05) is 6.92 Å². The molecule has 1 aromatic rings. The highest BCUT2D eigenvalue weighted by atomic mass is 16.1. The van der Waals surface area contributed by atoms with Gasteiger partial charge >= 0.3 is 0 Å². The van der Waals surface area contributed by atoms with Crippen molar-refractivity contribution >= 4 is 23.3 Å². The number of allylic oxidation sites excluding steroid dienone is 2. The Labute approximate surface area is 143 Å². The molecule has 24 heavy (non-hydrogen) atoms. The zero-order chi connectivity index (χ0) is 17.7. The van der Waals surface area contributed by atoms with Gasteiger partial charge in [0.25, 0.3) is 0 Å². The standard InChI is InChI=1S/C19H27N3O2/c1-4-19(21-15-7-9-22(3)10-8-15)17(12-23)16-11-14(13(2)24)5-6-18(16)20/h5-6,11-12,15,21H,4,7-10,20H2,1-3H3/b19-17+. The monoisotopic (exact) mass is 329 g/mol. The number of piperidine rings is 1. The number of ketones is 1. The second-order valence-electron chi connectivity index (χ2n) is 6.44. The molecule has 0 saturated carbocycles. The van der Waals surface area contributed by atoms with Gasteiger partial charge in [0.2, 0.25) is 0 Å². The Morgan fingerprint density at radius 1 is 1.38 bits per heavy atom. The zero-order valence-electron chi connectivity index (χ0n) is 14.8. The van der Waals surface area contributed by atoms with Crippen molar-refractivity contribution in [1.82, 2.24) is 10.2 Å². The van der Waals surface area contributed by atoms with E-state index in [1.807, 2.05) is 6.92 Å². The second kappa shape index (κ2) is 8.11. The summed E-state index contributed by atoms with van der Waals surface area (Å²) in [5, 5.41) is 3.53. The Hall–Kier alpha value is -2.14. The third kappa shape index (κ3) is 4.23. The van der Waals surface area contributed by atoms with Crippen LogP contribution in [0.1, 0.15) is 49.0 Å². The molecule has 2 rings (SSSR count). The summed E-state index contributed by atoms with van der Waals surface area (Å²) >= 11 is 0. The average Bonchev–Trinajstić information content (AvgIpc) is 2.57. The maximum Gasteiger partial charge on any atom is 0.159 e. The summed E-state index contributed by atoms with van der Waals surface area (Å²) in [7, 11) is 2.12. The van der Waals surface area contributed by atoms with Crippen molar-refractivity contribution in [2.75, 3.05) is 25.9 Å². The van der Waals surface area contributed by atoms with E-state index in [1.165, 1.54) is 6.92 Å². The van der Waals surface area contributed by atoms with E-state index in [0.29, 0.717) is 34.9 Å². The predicted molar refractivity (Wildman–Crippen MR) is 97.8 cm³/mol. The minimum atomic E-state index is -0.0391. The van der Waals surface area contributed by atoms with E-state index < -0.39 is 0 Å². The van der Waals surface area contributed by atoms with Crippen molar-refractivity contribution in [3.05, 3.63) is 35.0 Å². The molecular formula is C19H27N3O2. The summed E-state index contributed by atoms with van der Waals surface area (Å²) in [5.41, 5.74) is 9.23. The van der Waals surface area contributed by atoms with Crippen LogP contribution in [0.3, 0.4) is 0 Å². The van der Waals surface area contributed by atoms with Crippen molar-refractivity contribution in [1.29, 1.82) is 0 Å². The van der Waals surface area contributed by atoms with Crippen LogP contribution in [-0.4, -0.2) is 43.1 Å². The van der Waals surface area contributed by atoms with Crippen LogP contribution in [0.4, 0.5) is 5.69 Å². The molecule has 1 heterocycles. The Morgan fingerprint density at radius 3 is 2.58 bits per heavy atom. The molecule has 1 aliphatic heterocycles. The van der Waals surface area contributed by atoms with Crippen LogP contribution >= 0.6 is 0 Å². The lowest BCUT2D eigenvalue weighted by atomic mass is 9.97. The van der Waals surface area contributed by atoms with Gasteiger partial charge in [0.1, 0.15) is 0 Å². The number of benzene rings is 1. The molecule has 130 valence electrons. The first-order chi connectivity index (χ1) is 11.5. The summed E-state index contributed by atoms with van der Waals surface area (Å²) < 4.78 is 0. The van der Waals surface area contributed by atoms with Crippen molar-refractivity contribution in [2.24, 2.45) is 0 Å². The fourth-order valence-electron chi connectivity index (χ4n) is 3.08. The van der Waals surface area contributed by atoms with Gasteiger partial charge < -0.3 is 16.0 Å².